The molecule has 1 atom stereocenters. The van der Waals surface area contributed by atoms with E-state index in [-0.39, 0.29) is 23.9 Å². The summed E-state index contributed by atoms with van der Waals surface area (Å²) in [6.07, 6.45) is 2.64. The maximum absolute atomic E-state index is 10.9. The summed E-state index contributed by atoms with van der Waals surface area (Å²) >= 11 is 5.49. The Morgan fingerprint density at radius 3 is 2.69 bits per heavy atom. The van der Waals surface area contributed by atoms with E-state index < -0.39 is 0 Å². The van der Waals surface area contributed by atoms with Crippen molar-refractivity contribution in [3.05, 3.63) is 0 Å². The van der Waals surface area contributed by atoms with E-state index in [2.05, 4.69) is 0 Å². The van der Waals surface area contributed by atoms with Gasteiger partial charge in [0.25, 0.3) is 0 Å². The molecule has 5 heteroatoms. The second kappa shape index (κ2) is 10.1. The van der Waals surface area contributed by atoms with Crippen molar-refractivity contribution in [1.29, 1.82) is 0 Å². The summed E-state index contributed by atoms with van der Waals surface area (Å²) in [4.78, 5) is 10.9. The highest BCUT2D eigenvalue weighted by atomic mass is 35.5. The summed E-state index contributed by atoms with van der Waals surface area (Å²) in [5.41, 5.74) is 4.95. The highest BCUT2D eigenvalue weighted by molar-refractivity contribution is 6.20. The molecule has 0 heterocycles. The fourth-order valence-electron chi connectivity index (χ4n) is 0.729. The van der Waals surface area contributed by atoms with Crippen molar-refractivity contribution in [2.24, 2.45) is 5.73 Å². The summed E-state index contributed by atoms with van der Waals surface area (Å²) in [6, 6.07) is 0. The maximum Gasteiger partial charge on any atom is 0.305 e. The highest BCUT2D eigenvalue weighted by Gasteiger charge is 2.03. The predicted molar refractivity (Wildman–Crippen MR) is 56.2 cm³/mol. The van der Waals surface area contributed by atoms with Gasteiger partial charge in [-0.1, -0.05) is 6.92 Å². The van der Waals surface area contributed by atoms with E-state index in [0.29, 0.717) is 25.9 Å². The van der Waals surface area contributed by atoms with E-state index in [9.17, 15) is 4.79 Å². The van der Waals surface area contributed by atoms with Crippen LogP contribution in [-0.4, -0.2) is 18.1 Å². The summed E-state index contributed by atoms with van der Waals surface area (Å²) in [7, 11) is 0. The molecule has 1 unspecified atom stereocenters. The van der Waals surface area contributed by atoms with Crippen molar-refractivity contribution >= 4 is 30.0 Å². The Bertz CT molecular complexity index is 131. The molecule has 0 spiro atoms. The van der Waals surface area contributed by atoms with Gasteiger partial charge in [0.1, 0.15) is 0 Å². The number of nitrogens with two attached hydrogens (primary N) is 1. The van der Waals surface area contributed by atoms with Crippen LogP contribution in [0.1, 0.15) is 32.6 Å². The fraction of sp³-hybridized carbons (Fsp3) is 0.875. The van der Waals surface area contributed by atoms with Gasteiger partial charge in [-0.3, -0.25) is 4.79 Å². The zero-order valence-corrected chi connectivity index (χ0v) is 9.37. The van der Waals surface area contributed by atoms with Gasteiger partial charge in [0, 0.05) is 6.42 Å². The second-order valence-corrected chi connectivity index (χ2v) is 3.19. The molecule has 0 saturated heterocycles. The van der Waals surface area contributed by atoms with Gasteiger partial charge in [-0.2, -0.15) is 0 Å². The lowest BCUT2D eigenvalue weighted by Crippen LogP contribution is -2.12. The first-order valence-electron chi connectivity index (χ1n) is 4.22. The van der Waals surface area contributed by atoms with Crippen molar-refractivity contribution in [3.63, 3.8) is 0 Å². The first-order valence-corrected chi connectivity index (χ1v) is 4.65. The lowest BCUT2D eigenvalue weighted by molar-refractivity contribution is -0.143. The zero-order chi connectivity index (χ0) is 9.40. The Morgan fingerprint density at radius 2 is 2.23 bits per heavy atom. The summed E-state index contributed by atoms with van der Waals surface area (Å²) in [5.74, 6) is -0.158. The van der Waals surface area contributed by atoms with E-state index >= 15 is 0 Å². The Kier molecular flexibility index (Phi) is 12.0. The molecule has 0 aromatic carbocycles. The van der Waals surface area contributed by atoms with Crippen molar-refractivity contribution in [3.8, 4) is 0 Å². The molecule has 80 valence electrons. The summed E-state index contributed by atoms with van der Waals surface area (Å²) < 4.78 is 4.85. The molecule has 0 aromatic rings. The maximum atomic E-state index is 10.9. The van der Waals surface area contributed by atoms with E-state index in [1.54, 1.807) is 0 Å². The van der Waals surface area contributed by atoms with Gasteiger partial charge in [0.2, 0.25) is 0 Å². The molecule has 0 radical (unpaired) electrons. The molecule has 0 rings (SSSR count). The lowest BCUT2D eigenvalue weighted by atomic mass is 10.2. The van der Waals surface area contributed by atoms with E-state index in [0.717, 1.165) is 6.42 Å². The molecule has 0 aliphatic carbocycles. The predicted octanol–water partition coefficient (Wildman–Crippen LogP) is 2.06. The minimum absolute atomic E-state index is 0. The third kappa shape index (κ3) is 12.0. The fourth-order valence-corrected chi connectivity index (χ4v) is 0.884. The van der Waals surface area contributed by atoms with Gasteiger partial charge in [0.05, 0.1) is 12.1 Å². The molecule has 0 amide bonds. The number of ether oxygens (including phenoxy) is 1. The first kappa shape index (κ1) is 15.5. The van der Waals surface area contributed by atoms with E-state index in [1.165, 1.54) is 0 Å². The molecule has 0 aromatic heterocycles. The van der Waals surface area contributed by atoms with Gasteiger partial charge >= 0.3 is 5.97 Å². The van der Waals surface area contributed by atoms with Crippen molar-refractivity contribution in [2.45, 2.75) is 38.1 Å². The number of hydrogen-bond donors (Lipinski definition) is 1. The number of carbonyl (C=O) groups is 1. The topological polar surface area (TPSA) is 52.3 Å². The van der Waals surface area contributed by atoms with Crippen LogP contribution in [0, 0.1) is 0 Å². The van der Waals surface area contributed by atoms with Gasteiger partial charge in [-0.25, -0.2) is 0 Å². The monoisotopic (exact) mass is 229 g/mol. The molecule has 2 N–H and O–H groups in total. The second-order valence-electron chi connectivity index (χ2n) is 2.63. The van der Waals surface area contributed by atoms with Crippen LogP contribution < -0.4 is 5.73 Å². The Balaban J connectivity index is 0. The molecule has 0 aliphatic heterocycles. The average molecular weight is 230 g/mol. The number of alkyl halides is 1. The number of hydrogen-bond acceptors (Lipinski definition) is 3. The Morgan fingerprint density at radius 1 is 1.62 bits per heavy atom. The molecule has 0 aliphatic rings. The van der Waals surface area contributed by atoms with Crippen molar-refractivity contribution in [2.75, 3.05) is 6.61 Å². The van der Waals surface area contributed by atoms with Gasteiger partial charge in [-0.05, 0) is 19.3 Å². The number of esters is 1. The normalized spacial score (nSPS) is 11.6. The molecule has 0 fully saturated rings. The number of halogens is 2. The minimum atomic E-state index is -0.344. The van der Waals surface area contributed by atoms with Gasteiger partial charge < -0.3 is 10.5 Å². The van der Waals surface area contributed by atoms with Crippen LogP contribution in [0.4, 0.5) is 0 Å². The van der Waals surface area contributed by atoms with Gasteiger partial charge in [0.15, 0.2) is 0 Å². The molecule has 13 heavy (non-hydrogen) atoms. The largest absolute Gasteiger partial charge is 0.466 e. The molecule has 0 bridgehead atoms. The average Bonchev–Trinajstić information content (AvgIpc) is 2.00. The zero-order valence-electron chi connectivity index (χ0n) is 7.79. The number of rotatable bonds is 6. The standard InChI is InChI=1S/C8H16ClNO2.ClH/c1-2-6-12-8(11)5-3-4-7(9)10;/h7H,2-6,10H2,1H3;1H. The van der Waals surface area contributed by atoms with Gasteiger partial charge in [-0.15, -0.1) is 24.0 Å². The van der Waals surface area contributed by atoms with Crippen LogP contribution in [0.2, 0.25) is 0 Å². The van der Waals surface area contributed by atoms with Crippen molar-refractivity contribution < 1.29 is 9.53 Å². The van der Waals surface area contributed by atoms with Crippen LogP contribution in [-0.2, 0) is 9.53 Å². The smallest absolute Gasteiger partial charge is 0.305 e. The molecule has 3 nitrogen and oxygen atoms in total. The minimum Gasteiger partial charge on any atom is -0.466 e. The highest BCUT2D eigenvalue weighted by Crippen LogP contribution is 2.03. The number of carbonyl (C=O) groups excluding carboxylic acids is 1. The molecular weight excluding hydrogens is 213 g/mol. The van der Waals surface area contributed by atoms with E-state index in [4.69, 9.17) is 22.1 Å². The lowest BCUT2D eigenvalue weighted by Gasteiger charge is -2.03. The third-order valence-corrected chi connectivity index (χ3v) is 1.55. The third-order valence-electron chi connectivity index (χ3n) is 1.33. The van der Waals surface area contributed by atoms with Crippen LogP contribution in [0.3, 0.4) is 0 Å². The van der Waals surface area contributed by atoms with Crippen LogP contribution in [0.25, 0.3) is 0 Å². The van der Waals surface area contributed by atoms with Crippen LogP contribution in [0.15, 0.2) is 0 Å². The van der Waals surface area contributed by atoms with Crippen LogP contribution in [0.5, 0.6) is 0 Å². The first-order chi connectivity index (χ1) is 5.66. The summed E-state index contributed by atoms with van der Waals surface area (Å²) in [6.45, 7) is 2.47. The van der Waals surface area contributed by atoms with E-state index in [1.807, 2.05) is 6.92 Å². The van der Waals surface area contributed by atoms with Crippen molar-refractivity contribution in [1.82, 2.24) is 0 Å². The molecular formula is C8H17Cl2NO2. The Labute approximate surface area is 90.4 Å². The molecule has 0 saturated carbocycles. The quantitative estimate of drug-likeness (QED) is 0.431. The van der Waals surface area contributed by atoms with Crippen LogP contribution >= 0.6 is 24.0 Å². The Hall–Kier alpha value is 0.01000. The SMILES string of the molecule is CCCOC(=O)CCCC(N)Cl.Cl. The summed E-state index contributed by atoms with van der Waals surface area (Å²) in [5, 5.41) is 0.